The summed E-state index contributed by atoms with van der Waals surface area (Å²) < 4.78 is 10.4. The molecular formula is C19H40N4O2. The van der Waals surface area contributed by atoms with E-state index < -0.39 is 0 Å². The van der Waals surface area contributed by atoms with E-state index in [1.165, 1.54) is 32.4 Å². The van der Waals surface area contributed by atoms with Gasteiger partial charge in [-0.25, -0.2) is 0 Å². The summed E-state index contributed by atoms with van der Waals surface area (Å²) in [5, 5.41) is 6.74. The zero-order chi connectivity index (χ0) is 18.2. The van der Waals surface area contributed by atoms with Crippen LogP contribution < -0.4 is 10.6 Å². The zero-order valence-corrected chi connectivity index (χ0v) is 16.7. The monoisotopic (exact) mass is 356 g/mol. The summed E-state index contributed by atoms with van der Waals surface area (Å²) in [6.07, 6.45) is 7.37. The number of nitrogens with one attached hydrogen (secondary N) is 2. The van der Waals surface area contributed by atoms with Crippen molar-refractivity contribution in [3.8, 4) is 0 Å². The van der Waals surface area contributed by atoms with Gasteiger partial charge in [-0.15, -0.1) is 0 Å². The first-order valence-electron chi connectivity index (χ1n) is 10.1. The second kappa shape index (κ2) is 15.4. The maximum absolute atomic E-state index is 5.47. The highest BCUT2D eigenvalue weighted by Crippen LogP contribution is 2.16. The molecule has 0 saturated carbocycles. The lowest BCUT2D eigenvalue weighted by atomic mass is 10.0. The molecule has 0 aliphatic carbocycles. The van der Waals surface area contributed by atoms with Crippen LogP contribution in [0.4, 0.5) is 0 Å². The van der Waals surface area contributed by atoms with Crippen molar-refractivity contribution < 1.29 is 9.47 Å². The lowest BCUT2D eigenvalue weighted by Crippen LogP contribution is -2.39. The summed E-state index contributed by atoms with van der Waals surface area (Å²) in [5.74, 6) is 0.939. The standard InChI is InChI=1S/C19H40N4O2/c1-4-20-19(21-11-6-8-15-25-17-16-24-3)22-12-9-14-23-13-7-5-10-18(23)2/h18H,4-17H2,1-3H3,(H2,20,21,22). The molecule has 6 nitrogen and oxygen atoms in total. The van der Waals surface area contributed by atoms with Crippen LogP contribution in [0, 0.1) is 0 Å². The summed E-state index contributed by atoms with van der Waals surface area (Å²) >= 11 is 0. The molecule has 0 aromatic rings. The number of unbranched alkanes of at least 4 members (excludes halogenated alkanes) is 1. The van der Waals surface area contributed by atoms with E-state index in [9.17, 15) is 0 Å². The van der Waals surface area contributed by atoms with Crippen molar-refractivity contribution in [1.82, 2.24) is 15.5 Å². The number of hydrogen-bond acceptors (Lipinski definition) is 4. The third kappa shape index (κ3) is 11.4. The van der Waals surface area contributed by atoms with Crippen LogP contribution in [0.3, 0.4) is 0 Å². The molecule has 1 atom stereocenters. The van der Waals surface area contributed by atoms with Gasteiger partial charge in [-0.3, -0.25) is 4.99 Å². The molecule has 148 valence electrons. The first-order valence-corrected chi connectivity index (χ1v) is 10.1. The molecule has 25 heavy (non-hydrogen) atoms. The number of rotatable bonds is 13. The summed E-state index contributed by atoms with van der Waals surface area (Å²) in [4.78, 5) is 7.32. The van der Waals surface area contributed by atoms with Gasteiger partial charge in [-0.2, -0.15) is 0 Å². The fraction of sp³-hybridized carbons (Fsp3) is 0.947. The fourth-order valence-corrected chi connectivity index (χ4v) is 3.08. The molecule has 1 fully saturated rings. The van der Waals surface area contributed by atoms with Gasteiger partial charge in [-0.1, -0.05) is 6.42 Å². The maximum atomic E-state index is 5.47. The van der Waals surface area contributed by atoms with Crippen molar-refractivity contribution in [3.05, 3.63) is 0 Å². The predicted molar refractivity (Wildman–Crippen MR) is 105 cm³/mol. The van der Waals surface area contributed by atoms with E-state index in [1.807, 2.05) is 0 Å². The van der Waals surface area contributed by atoms with Crippen molar-refractivity contribution in [1.29, 1.82) is 0 Å². The van der Waals surface area contributed by atoms with E-state index >= 15 is 0 Å². The number of hydrogen-bond donors (Lipinski definition) is 2. The molecule has 1 aliphatic rings. The first kappa shape index (κ1) is 22.2. The SMILES string of the molecule is CCNC(=NCCCN1CCCCC1C)NCCCCOCCOC. The van der Waals surface area contributed by atoms with Crippen LogP contribution in [-0.4, -0.2) is 76.6 Å². The fourth-order valence-electron chi connectivity index (χ4n) is 3.08. The van der Waals surface area contributed by atoms with E-state index in [2.05, 4.69) is 29.4 Å². The molecule has 0 aromatic carbocycles. The van der Waals surface area contributed by atoms with Crippen molar-refractivity contribution in [2.24, 2.45) is 4.99 Å². The highest BCUT2D eigenvalue weighted by molar-refractivity contribution is 5.79. The van der Waals surface area contributed by atoms with E-state index in [0.717, 1.165) is 57.5 Å². The molecule has 0 radical (unpaired) electrons. The molecule has 2 N–H and O–H groups in total. The van der Waals surface area contributed by atoms with Crippen LogP contribution >= 0.6 is 0 Å². The van der Waals surface area contributed by atoms with Crippen LogP contribution in [0.1, 0.15) is 52.4 Å². The van der Waals surface area contributed by atoms with E-state index in [4.69, 9.17) is 14.5 Å². The predicted octanol–water partition coefficient (Wildman–Crippen LogP) is 2.25. The number of aliphatic imine (C=N–C) groups is 1. The van der Waals surface area contributed by atoms with Crippen LogP contribution in [0.5, 0.6) is 0 Å². The van der Waals surface area contributed by atoms with Crippen molar-refractivity contribution >= 4 is 5.96 Å². The van der Waals surface area contributed by atoms with E-state index in [-0.39, 0.29) is 0 Å². The summed E-state index contributed by atoms with van der Waals surface area (Å²) in [5.41, 5.74) is 0. The van der Waals surface area contributed by atoms with E-state index in [0.29, 0.717) is 13.2 Å². The van der Waals surface area contributed by atoms with Crippen LogP contribution in [-0.2, 0) is 9.47 Å². The van der Waals surface area contributed by atoms with E-state index in [1.54, 1.807) is 7.11 Å². The number of methoxy groups -OCH3 is 1. The largest absolute Gasteiger partial charge is 0.382 e. The van der Waals surface area contributed by atoms with Gasteiger partial charge in [-0.05, 0) is 52.5 Å². The highest BCUT2D eigenvalue weighted by Gasteiger charge is 2.16. The Kier molecular flexibility index (Phi) is 13.7. The summed E-state index contributed by atoms with van der Waals surface area (Å²) in [7, 11) is 1.70. The average molecular weight is 357 g/mol. The highest BCUT2D eigenvalue weighted by atomic mass is 16.5. The molecule has 0 bridgehead atoms. The smallest absolute Gasteiger partial charge is 0.191 e. The lowest BCUT2D eigenvalue weighted by molar-refractivity contribution is 0.0689. The maximum Gasteiger partial charge on any atom is 0.191 e. The summed E-state index contributed by atoms with van der Waals surface area (Å²) in [6.45, 7) is 11.8. The molecule has 0 spiro atoms. The van der Waals surface area contributed by atoms with Gasteiger partial charge in [0.1, 0.15) is 0 Å². The van der Waals surface area contributed by atoms with Crippen molar-refractivity contribution in [2.45, 2.75) is 58.4 Å². The molecule has 0 aromatic heterocycles. The van der Waals surface area contributed by atoms with Gasteiger partial charge in [0.05, 0.1) is 13.2 Å². The molecule has 1 rings (SSSR count). The molecule has 0 amide bonds. The normalized spacial score (nSPS) is 19.2. The molecule has 1 unspecified atom stereocenters. The Morgan fingerprint density at radius 1 is 1.12 bits per heavy atom. The average Bonchev–Trinajstić information content (AvgIpc) is 2.62. The van der Waals surface area contributed by atoms with Gasteiger partial charge in [0, 0.05) is 45.9 Å². The number of guanidine groups is 1. The zero-order valence-electron chi connectivity index (χ0n) is 16.7. The second-order valence-corrected chi connectivity index (χ2v) is 6.73. The van der Waals surface area contributed by atoms with Gasteiger partial charge in [0.15, 0.2) is 5.96 Å². The van der Waals surface area contributed by atoms with Crippen LogP contribution in [0.2, 0.25) is 0 Å². The van der Waals surface area contributed by atoms with Crippen molar-refractivity contribution in [3.63, 3.8) is 0 Å². The Bertz CT molecular complexity index is 339. The Hall–Kier alpha value is -0.850. The van der Waals surface area contributed by atoms with Crippen LogP contribution in [0.15, 0.2) is 4.99 Å². The number of piperidine rings is 1. The van der Waals surface area contributed by atoms with Gasteiger partial charge in [0.25, 0.3) is 0 Å². The number of nitrogens with zero attached hydrogens (tertiary/aromatic N) is 2. The van der Waals surface area contributed by atoms with Crippen LogP contribution in [0.25, 0.3) is 0 Å². The molecule has 6 heteroatoms. The second-order valence-electron chi connectivity index (χ2n) is 6.73. The minimum atomic E-state index is 0.672. The first-order chi connectivity index (χ1) is 12.3. The quantitative estimate of drug-likeness (QED) is 0.301. The number of ether oxygens (including phenoxy) is 2. The van der Waals surface area contributed by atoms with Gasteiger partial charge >= 0.3 is 0 Å². The third-order valence-corrected chi connectivity index (χ3v) is 4.60. The lowest BCUT2D eigenvalue weighted by Gasteiger charge is -2.33. The minimum absolute atomic E-state index is 0.672. The molecular weight excluding hydrogens is 316 g/mol. The molecule has 1 heterocycles. The topological polar surface area (TPSA) is 58.1 Å². The van der Waals surface area contributed by atoms with Crippen molar-refractivity contribution in [2.75, 3.05) is 59.7 Å². The Labute approximate surface area is 154 Å². The van der Waals surface area contributed by atoms with Gasteiger partial charge in [0.2, 0.25) is 0 Å². The Morgan fingerprint density at radius 2 is 2.00 bits per heavy atom. The Morgan fingerprint density at radius 3 is 2.76 bits per heavy atom. The third-order valence-electron chi connectivity index (χ3n) is 4.60. The Balaban J connectivity index is 2.09. The molecule has 1 saturated heterocycles. The number of likely N-dealkylation sites (tertiary alicyclic amines) is 1. The summed E-state index contributed by atoms with van der Waals surface area (Å²) in [6, 6.07) is 0.746. The van der Waals surface area contributed by atoms with Gasteiger partial charge < -0.3 is 25.0 Å². The minimum Gasteiger partial charge on any atom is -0.382 e. The molecule has 1 aliphatic heterocycles.